The van der Waals surface area contributed by atoms with Gasteiger partial charge in [0.1, 0.15) is 5.75 Å². The zero-order valence-electron chi connectivity index (χ0n) is 24.4. The summed E-state index contributed by atoms with van der Waals surface area (Å²) >= 11 is 0. The molecule has 0 bridgehead atoms. The number of halogens is 6. The Morgan fingerprint density at radius 3 is 1.96 bits per heavy atom. The summed E-state index contributed by atoms with van der Waals surface area (Å²) in [6.45, 7) is -0.736. The predicted molar refractivity (Wildman–Crippen MR) is 159 cm³/mol. The van der Waals surface area contributed by atoms with E-state index in [0.29, 0.717) is 23.4 Å². The molecule has 3 rings (SSSR count). The molecule has 0 amide bonds. The second-order valence-electron chi connectivity index (χ2n) is 10.2. The molecule has 0 radical (unpaired) electrons. The van der Waals surface area contributed by atoms with Crippen LogP contribution in [0.15, 0.2) is 66.2 Å². The first-order chi connectivity index (χ1) is 21.6. The van der Waals surface area contributed by atoms with Crippen molar-refractivity contribution in [3.63, 3.8) is 0 Å². The van der Waals surface area contributed by atoms with E-state index in [1.165, 1.54) is 48.5 Å². The van der Waals surface area contributed by atoms with Gasteiger partial charge in [-0.25, -0.2) is 9.59 Å². The second kappa shape index (κ2) is 15.9. The highest BCUT2D eigenvalue weighted by molar-refractivity contribution is 5.93. The minimum Gasteiger partial charge on any atom is -0.490 e. The van der Waals surface area contributed by atoms with Gasteiger partial charge in [-0.05, 0) is 85.4 Å². The third kappa shape index (κ3) is 12.3. The maximum absolute atomic E-state index is 12.8. The number of rotatable bonds is 15. The van der Waals surface area contributed by atoms with E-state index < -0.39 is 50.2 Å². The molecule has 46 heavy (non-hydrogen) atoms. The number of esters is 1. The molecule has 8 nitrogen and oxygen atoms in total. The minimum absolute atomic E-state index is 0.0461. The Labute approximate surface area is 260 Å². The fourth-order valence-electron chi connectivity index (χ4n) is 4.13. The van der Waals surface area contributed by atoms with Crippen molar-refractivity contribution in [2.75, 3.05) is 24.7 Å². The average Bonchev–Trinajstić information content (AvgIpc) is 2.96. The first-order valence-electron chi connectivity index (χ1n) is 14.0. The van der Waals surface area contributed by atoms with Gasteiger partial charge in [0.15, 0.2) is 11.5 Å². The lowest BCUT2D eigenvalue weighted by atomic mass is 10.0. The Morgan fingerprint density at radius 1 is 0.783 bits per heavy atom. The Morgan fingerprint density at radius 2 is 1.39 bits per heavy atom. The number of aliphatic carboxylic acids is 1. The molecule has 0 saturated heterocycles. The third-order valence-corrected chi connectivity index (χ3v) is 6.44. The van der Waals surface area contributed by atoms with Crippen LogP contribution in [0.4, 0.5) is 37.7 Å². The van der Waals surface area contributed by atoms with Gasteiger partial charge in [0.05, 0.1) is 18.8 Å². The molecule has 0 aliphatic carbocycles. The summed E-state index contributed by atoms with van der Waals surface area (Å²) < 4.78 is 91.0. The molecule has 0 aliphatic rings. The molecule has 5 N–H and O–H groups in total. The smallest absolute Gasteiger partial charge is 0.389 e. The van der Waals surface area contributed by atoms with Gasteiger partial charge >= 0.3 is 24.3 Å². The molecule has 14 heteroatoms. The van der Waals surface area contributed by atoms with Crippen molar-refractivity contribution in [2.24, 2.45) is 0 Å². The Balaban J connectivity index is 1.68. The van der Waals surface area contributed by atoms with Crippen LogP contribution in [-0.4, -0.2) is 42.6 Å². The number of hydrogen-bond donors (Lipinski definition) is 3. The van der Waals surface area contributed by atoms with Crippen molar-refractivity contribution in [2.45, 2.75) is 50.9 Å². The van der Waals surface area contributed by atoms with Crippen LogP contribution in [0, 0.1) is 0 Å². The zero-order chi connectivity index (χ0) is 33.9. The van der Waals surface area contributed by atoms with Gasteiger partial charge in [-0.2, -0.15) is 26.3 Å². The van der Waals surface area contributed by atoms with Gasteiger partial charge in [0.25, 0.3) is 0 Å². The molecule has 0 saturated carbocycles. The predicted octanol–water partition coefficient (Wildman–Crippen LogP) is 7.61. The quantitative estimate of drug-likeness (QED) is 0.0381. The number of nitrogen functional groups attached to an aromatic ring is 2. The minimum atomic E-state index is -4.40. The number of carbonyl (C=O) groups is 2. The fraction of sp³-hybridized carbons (Fsp3) is 0.312. The summed E-state index contributed by atoms with van der Waals surface area (Å²) in [4.78, 5) is 24.7. The number of nitrogens with two attached hydrogens (primary N) is 2. The topological polar surface area (TPSA) is 134 Å². The molecule has 0 fully saturated rings. The molecule has 0 unspecified atom stereocenters. The lowest BCUT2D eigenvalue weighted by molar-refractivity contribution is -0.137. The fourth-order valence-corrected chi connectivity index (χ4v) is 4.13. The molecule has 0 aliphatic heterocycles. The van der Waals surface area contributed by atoms with Crippen LogP contribution in [0.1, 0.15) is 53.6 Å². The molecule has 3 aromatic rings. The number of anilines is 2. The lowest BCUT2D eigenvalue weighted by Crippen LogP contribution is -2.12. The van der Waals surface area contributed by atoms with E-state index in [-0.39, 0.29) is 47.8 Å². The first-order valence-corrected chi connectivity index (χ1v) is 14.0. The van der Waals surface area contributed by atoms with Gasteiger partial charge in [0, 0.05) is 29.8 Å². The van der Waals surface area contributed by atoms with Crippen molar-refractivity contribution < 1.29 is 55.2 Å². The number of aryl methyl sites for hydroxylation is 1. The number of alkyl halides is 6. The summed E-state index contributed by atoms with van der Waals surface area (Å²) in [5, 5.41) is 9.66. The highest BCUT2D eigenvalue weighted by atomic mass is 19.4. The van der Waals surface area contributed by atoms with E-state index >= 15 is 0 Å². The second-order valence-corrected chi connectivity index (χ2v) is 10.2. The van der Waals surface area contributed by atoms with Crippen LogP contribution in [0.5, 0.6) is 17.2 Å². The van der Waals surface area contributed by atoms with E-state index in [0.717, 1.165) is 5.56 Å². The molecular weight excluding hydrogens is 622 g/mol. The summed E-state index contributed by atoms with van der Waals surface area (Å²) in [6.07, 6.45) is -9.74. The standard InChI is InChI=1S/C32H32F6N2O6/c33-31(34,35)13-1-15-44-27-12-8-23(18-28(27)45-16-2-14-32(36,37)38)30(43)46-25-10-3-20(4-11-25)17-22(29(41)42)6-5-21-7-9-24(39)19-26(21)40/h3-4,7-12,17-19H,1-2,5-6,13-16,39-40H2,(H,41,42). The van der Waals surface area contributed by atoms with Crippen molar-refractivity contribution in [1.29, 1.82) is 0 Å². The van der Waals surface area contributed by atoms with Crippen LogP contribution in [0.3, 0.4) is 0 Å². The molecular formula is C32H32F6N2O6. The average molecular weight is 655 g/mol. The molecule has 0 aromatic heterocycles. The Hall–Kier alpha value is -4.88. The third-order valence-electron chi connectivity index (χ3n) is 6.44. The number of ether oxygens (including phenoxy) is 3. The molecule has 0 heterocycles. The Kier molecular flexibility index (Phi) is 12.3. The number of carboxylic acids is 1. The van der Waals surface area contributed by atoms with E-state index in [1.54, 1.807) is 18.2 Å². The van der Waals surface area contributed by atoms with E-state index in [2.05, 4.69) is 0 Å². The van der Waals surface area contributed by atoms with Gasteiger partial charge in [-0.1, -0.05) is 18.2 Å². The molecule has 0 spiro atoms. The first kappa shape index (κ1) is 35.6. The van der Waals surface area contributed by atoms with Crippen LogP contribution in [-0.2, 0) is 11.2 Å². The maximum Gasteiger partial charge on any atom is 0.389 e. The van der Waals surface area contributed by atoms with E-state index in [1.807, 2.05) is 0 Å². The van der Waals surface area contributed by atoms with Crippen LogP contribution in [0.2, 0.25) is 0 Å². The lowest BCUT2D eigenvalue weighted by Gasteiger charge is -2.15. The van der Waals surface area contributed by atoms with Gasteiger partial charge in [0.2, 0.25) is 0 Å². The number of hydrogen-bond acceptors (Lipinski definition) is 7. The van der Waals surface area contributed by atoms with Gasteiger partial charge in [-0.15, -0.1) is 0 Å². The van der Waals surface area contributed by atoms with Crippen molar-refractivity contribution in [3.8, 4) is 17.2 Å². The number of carbonyl (C=O) groups excluding carboxylic acids is 1. The molecule has 0 atom stereocenters. The molecule has 3 aromatic carbocycles. The van der Waals surface area contributed by atoms with Crippen LogP contribution in [0.25, 0.3) is 6.08 Å². The van der Waals surface area contributed by atoms with Crippen LogP contribution < -0.4 is 25.7 Å². The number of carboxylic acid groups (broad SMARTS) is 1. The van der Waals surface area contributed by atoms with Crippen molar-refractivity contribution >= 4 is 29.4 Å². The monoisotopic (exact) mass is 654 g/mol. The molecule has 248 valence electrons. The van der Waals surface area contributed by atoms with E-state index in [9.17, 15) is 41.0 Å². The largest absolute Gasteiger partial charge is 0.490 e. The normalized spacial score (nSPS) is 12.1. The van der Waals surface area contributed by atoms with Crippen LogP contribution >= 0.6 is 0 Å². The SMILES string of the molecule is Nc1ccc(CCC(=Cc2ccc(OC(=O)c3ccc(OCCCC(F)(F)F)c(OCCCC(F)(F)F)c3)cc2)C(=O)O)c(N)c1. The highest BCUT2D eigenvalue weighted by Gasteiger charge is 2.27. The van der Waals surface area contributed by atoms with Crippen molar-refractivity contribution in [1.82, 2.24) is 0 Å². The van der Waals surface area contributed by atoms with Gasteiger partial charge in [-0.3, -0.25) is 0 Å². The zero-order valence-corrected chi connectivity index (χ0v) is 24.4. The maximum atomic E-state index is 12.8. The summed E-state index contributed by atoms with van der Waals surface area (Å²) in [7, 11) is 0. The summed E-state index contributed by atoms with van der Waals surface area (Å²) in [5.41, 5.74) is 13.9. The van der Waals surface area contributed by atoms with Gasteiger partial charge < -0.3 is 30.8 Å². The summed E-state index contributed by atoms with van der Waals surface area (Å²) in [5.74, 6) is -2.05. The highest BCUT2D eigenvalue weighted by Crippen LogP contribution is 2.31. The number of benzene rings is 3. The summed E-state index contributed by atoms with van der Waals surface area (Å²) in [6, 6.07) is 14.6. The van der Waals surface area contributed by atoms with Crippen molar-refractivity contribution in [3.05, 3.63) is 82.9 Å². The van der Waals surface area contributed by atoms with E-state index in [4.69, 9.17) is 25.7 Å². The Bertz CT molecular complexity index is 1520.